The molecule has 0 saturated heterocycles. The molecule has 1 amide bonds. The van der Waals surface area contributed by atoms with Crippen LogP contribution in [0.3, 0.4) is 0 Å². The van der Waals surface area contributed by atoms with Crippen LogP contribution in [0.2, 0.25) is 0 Å². The van der Waals surface area contributed by atoms with E-state index < -0.39 is 6.10 Å². The van der Waals surface area contributed by atoms with Gasteiger partial charge >= 0.3 is 0 Å². The van der Waals surface area contributed by atoms with E-state index in [0.717, 1.165) is 16.9 Å². The molecule has 1 aliphatic rings. The van der Waals surface area contributed by atoms with Crippen LogP contribution in [0.5, 0.6) is 5.75 Å². The van der Waals surface area contributed by atoms with Gasteiger partial charge in [0, 0.05) is 19.0 Å². The maximum atomic E-state index is 13.1. The fourth-order valence-electron chi connectivity index (χ4n) is 2.92. The molecule has 0 saturated carbocycles. The van der Waals surface area contributed by atoms with Crippen LogP contribution in [0.1, 0.15) is 5.56 Å². The molecule has 1 aromatic heterocycles. The second-order valence-corrected chi connectivity index (χ2v) is 5.97. The number of hydrogen-bond donors (Lipinski definition) is 1. The summed E-state index contributed by atoms with van der Waals surface area (Å²) in [7, 11) is 1.79. The van der Waals surface area contributed by atoms with Crippen molar-refractivity contribution in [1.82, 2.24) is 9.55 Å². The molecule has 0 spiro atoms. The Labute approximate surface area is 144 Å². The van der Waals surface area contributed by atoms with Gasteiger partial charge in [-0.05, 0) is 35.9 Å². The lowest BCUT2D eigenvalue weighted by atomic mass is 10.1. The number of carbonyl (C=O) groups is 1. The molecule has 126 valence electrons. The molecule has 0 bridgehead atoms. The molecule has 25 heavy (non-hydrogen) atoms. The molecule has 2 heterocycles. The number of benzene rings is 2. The largest absolute Gasteiger partial charge is 0.480 e. The zero-order valence-corrected chi connectivity index (χ0v) is 13.6. The zero-order chi connectivity index (χ0) is 17.4. The molecular weight excluding hydrogens is 321 g/mol. The van der Waals surface area contributed by atoms with Crippen LogP contribution in [0.25, 0.3) is 11.3 Å². The Morgan fingerprint density at radius 2 is 2.00 bits per heavy atom. The van der Waals surface area contributed by atoms with Gasteiger partial charge in [0.2, 0.25) is 0 Å². The average molecular weight is 337 g/mol. The van der Waals surface area contributed by atoms with E-state index in [0.29, 0.717) is 17.9 Å². The van der Waals surface area contributed by atoms with Crippen LogP contribution in [0, 0.1) is 5.82 Å². The third-order valence-electron chi connectivity index (χ3n) is 4.24. The fraction of sp³-hybridized carbons (Fsp3) is 0.158. The number of halogens is 1. The number of aromatic nitrogens is 2. The lowest BCUT2D eigenvalue weighted by Crippen LogP contribution is -2.32. The summed E-state index contributed by atoms with van der Waals surface area (Å²) in [6, 6.07) is 13.6. The predicted molar refractivity (Wildman–Crippen MR) is 91.8 cm³/mol. The van der Waals surface area contributed by atoms with Crippen molar-refractivity contribution in [3.05, 3.63) is 66.2 Å². The van der Waals surface area contributed by atoms with Crippen molar-refractivity contribution in [2.45, 2.75) is 12.5 Å². The van der Waals surface area contributed by atoms with E-state index >= 15 is 0 Å². The Kier molecular flexibility index (Phi) is 3.72. The number of rotatable bonds is 3. The van der Waals surface area contributed by atoms with E-state index in [2.05, 4.69) is 10.3 Å². The van der Waals surface area contributed by atoms with E-state index in [1.54, 1.807) is 30.1 Å². The Bertz CT molecular complexity index is 909. The number of para-hydroxylation sites is 1. The number of anilines is 1. The second kappa shape index (κ2) is 6.05. The van der Waals surface area contributed by atoms with Crippen LogP contribution < -0.4 is 10.1 Å². The summed E-state index contributed by atoms with van der Waals surface area (Å²) >= 11 is 0. The third-order valence-corrected chi connectivity index (χ3v) is 4.24. The SMILES string of the molecule is Cn1cnc(-c2ccc(F)cc2)c1NC(=O)[C@H]1Cc2ccccc2O1. The second-order valence-electron chi connectivity index (χ2n) is 5.97. The van der Waals surface area contributed by atoms with E-state index in [9.17, 15) is 9.18 Å². The van der Waals surface area contributed by atoms with Crippen LogP contribution in [0.4, 0.5) is 10.2 Å². The minimum absolute atomic E-state index is 0.233. The summed E-state index contributed by atoms with van der Waals surface area (Å²) in [5, 5.41) is 2.89. The van der Waals surface area contributed by atoms with Gasteiger partial charge in [-0.25, -0.2) is 9.37 Å². The van der Waals surface area contributed by atoms with Gasteiger partial charge in [-0.2, -0.15) is 0 Å². The minimum Gasteiger partial charge on any atom is -0.480 e. The maximum Gasteiger partial charge on any atom is 0.266 e. The van der Waals surface area contributed by atoms with E-state index in [1.807, 2.05) is 24.3 Å². The molecule has 1 N–H and O–H groups in total. The molecule has 3 aromatic rings. The van der Waals surface area contributed by atoms with Crippen LogP contribution in [-0.2, 0) is 18.3 Å². The molecule has 0 aliphatic carbocycles. The lowest BCUT2D eigenvalue weighted by molar-refractivity contribution is -0.122. The molecule has 0 radical (unpaired) electrons. The number of nitrogens with zero attached hydrogens (tertiary/aromatic N) is 2. The van der Waals surface area contributed by atoms with Crippen molar-refractivity contribution < 1.29 is 13.9 Å². The Balaban J connectivity index is 1.56. The van der Waals surface area contributed by atoms with Crippen molar-refractivity contribution in [2.75, 3.05) is 5.32 Å². The fourth-order valence-corrected chi connectivity index (χ4v) is 2.92. The molecule has 6 heteroatoms. The smallest absolute Gasteiger partial charge is 0.266 e. The van der Waals surface area contributed by atoms with Gasteiger partial charge in [0.1, 0.15) is 23.1 Å². The van der Waals surface area contributed by atoms with Gasteiger partial charge in [-0.1, -0.05) is 18.2 Å². The number of nitrogens with one attached hydrogen (secondary N) is 1. The predicted octanol–water partition coefficient (Wildman–Crippen LogP) is 3.17. The monoisotopic (exact) mass is 337 g/mol. The van der Waals surface area contributed by atoms with Crippen molar-refractivity contribution >= 4 is 11.7 Å². The lowest BCUT2D eigenvalue weighted by Gasteiger charge is -2.13. The topological polar surface area (TPSA) is 56.2 Å². The van der Waals surface area contributed by atoms with Gasteiger partial charge in [0.25, 0.3) is 5.91 Å². The summed E-state index contributed by atoms with van der Waals surface area (Å²) in [6.45, 7) is 0. The van der Waals surface area contributed by atoms with Gasteiger partial charge in [-0.3, -0.25) is 4.79 Å². The molecule has 4 rings (SSSR count). The standard InChI is InChI=1S/C19H16FN3O2/c1-23-11-21-17(12-6-8-14(20)9-7-12)18(23)22-19(24)16-10-13-4-2-3-5-15(13)25-16/h2-9,11,16H,10H2,1H3,(H,22,24)/t16-/m1/s1. The number of amides is 1. The molecule has 0 fully saturated rings. The summed E-state index contributed by atoms with van der Waals surface area (Å²) in [5.41, 5.74) is 2.34. The van der Waals surface area contributed by atoms with E-state index in [1.165, 1.54) is 12.1 Å². The first-order chi connectivity index (χ1) is 12.1. The molecule has 5 nitrogen and oxygen atoms in total. The Morgan fingerprint density at radius 1 is 1.24 bits per heavy atom. The highest BCUT2D eigenvalue weighted by Crippen LogP contribution is 2.30. The number of aryl methyl sites for hydroxylation is 1. The van der Waals surface area contributed by atoms with Gasteiger partial charge in [0.05, 0.1) is 6.33 Å². The van der Waals surface area contributed by atoms with Crippen molar-refractivity contribution in [3.63, 3.8) is 0 Å². The molecule has 1 aliphatic heterocycles. The third kappa shape index (κ3) is 2.87. The molecule has 1 atom stereocenters. The Hall–Kier alpha value is -3.15. The minimum atomic E-state index is -0.576. The van der Waals surface area contributed by atoms with E-state index in [4.69, 9.17) is 4.74 Å². The highest BCUT2D eigenvalue weighted by Gasteiger charge is 2.30. The summed E-state index contributed by atoms with van der Waals surface area (Å²) in [5.74, 6) is 0.744. The van der Waals surface area contributed by atoms with Gasteiger partial charge in [-0.15, -0.1) is 0 Å². The zero-order valence-electron chi connectivity index (χ0n) is 13.6. The first-order valence-electron chi connectivity index (χ1n) is 7.94. The van der Waals surface area contributed by atoms with Crippen molar-refractivity contribution in [3.8, 4) is 17.0 Å². The summed E-state index contributed by atoms with van der Waals surface area (Å²) in [4.78, 5) is 17.0. The number of imidazole rings is 1. The summed E-state index contributed by atoms with van der Waals surface area (Å²) in [6.07, 6.45) is 1.57. The van der Waals surface area contributed by atoms with E-state index in [-0.39, 0.29) is 11.7 Å². The highest BCUT2D eigenvalue weighted by molar-refractivity contribution is 5.97. The first-order valence-corrected chi connectivity index (χ1v) is 7.94. The number of fused-ring (bicyclic) bond motifs is 1. The van der Waals surface area contributed by atoms with Crippen molar-refractivity contribution in [2.24, 2.45) is 7.05 Å². The molecular formula is C19H16FN3O2. The van der Waals surface area contributed by atoms with Crippen LogP contribution >= 0.6 is 0 Å². The molecule has 2 aromatic carbocycles. The van der Waals surface area contributed by atoms with Crippen LogP contribution in [0.15, 0.2) is 54.9 Å². The molecule has 0 unspecified atom stereocenters. The van der Waals surface area contributed by atoms with Gasteiger partial charge in [0.15, 0.2) is 6.10 Å². The quantitative estimate of drug-likeness (QED) is 0.799. The van der Waals surface area contributed by atoms with Crippen LogP contribution in [-0.4, -0.2) is 21.6 Å². The number of carbonyl (C=O) groups excluding carboxylic acids is 1. The average Bonchev–Trinajstić information content (AvgIpc) is 3.20. The number of hydrogen-bond acceptors (Lipinski definition) is 3. The summed E-state index contributed by atoms with van der Waals surface area (Å²) < 4.78 is 20.6. The van der Waals surface area contributed by atoms with Gasteiger partial charge < -0.3 is 14.6 Å². The first kappa shape index (κ1) is 15.4. The normalized spacial score (nSPS) is 15.5. The van der Waals surface area contributed by atoms with Crippen molar-refractivity contribution in [1.29, 1.82) is 0 Å². The number of ether oxygens (including phenoxy) is 1. The maximum absolute atomic E-state index is 13.1. The highest BCUT2D eigenvalue weighted by atomic mass is 19.1. The Morgan fingerprint density at radius 3 is 2.76 bits per heavy atom.